The minimum atomic E-state index is -0.238. The number of hydrazine groups is 1. The minimum absolute atomic E-state index is 0.137. The van der Waals surface area contributed by atoms with Gasteiger partial charge in [-0.25, -0.2) is 15.8 Å². The van der Waals surface area contributed by atoms with E-state index in [2.05, 4.69) is 10.4 Å². The molecule has 0 fully saturated rings. The number of para-hydroxylation sites is 1. The lowest BCUT2D eigenvalue weighted by Gasteiger charge is -2.24. The molecule has 3 N–H and O–H groups in total. The molecule has 3 aromatic rings. The highest BCUT2D eigenvalue weighted by atomic mass is 35.5. The zero-order chi connectivity index (χ0) is 25.7. The number of nitrogens with one attached hydrogen (secondary N) is 1. The maximum absolute atomic E-state index is 11.5. The minimum Gasteiger partial charge on any atom is -0.493 e. The molecule has 0 saturated heterocycles. The first kappa shape index (κ1) is 26.3. The maximum atomic E-state index is 11.5. The third kappa shape index (κ3) is 5.78. The van der Waals surface area contributed by atoms with Gasteiger partial charge in [0.15, 0.2) is 11.5 Å². The zero-order valence-electron chi connectivity index (χ0n) is 20.1. The summed E-state index contributed by atoms with van der Waals surface area (Å²) in [5, 5.41) is 1.24. The molecular formula is C25H27ClN4O4S2. The van der Waals surface area contributed by atoms with Crippen LogP contribution in [0.1, 0.15) is 32.7 Å². The number of ether oxygens (including phenoxy) is 3. The monoisotopic (exact) mass is 546 g/mol. The lowest BCUT2D eigenvalue weighted by Crippen LogP contribution is -2.38. The number of benzene rings is 2. The van der Waals surface area contributed by atoms with Gasteiger partial charge in [-0.1, -0.05) is 23.7 Å². The number of hydrogen-bond acceptors (Lipinski definition) is 10. The fraction of sp³-hybridized carbons (Fsp3) is 0.320. The van der Waals surface area contributed by atoms with E-state index in [1.54, 1.807) is 37.3 Å². The molecular weight excluding hydrogens is 520 g/mol. The van der Waals surface area contributed by atoms with Crippen molar-refractivity contribution in [2.45, 2.75) is 29.8 Å². The third-order valence-corrected chi connectivity index (χ3v) is 8.56. The van der Waals surface area contributed by atoms with Gasteiger partial charge in [0.2, 0.25) is 0 Å². The van der Waals surface area contributed by atoms with Gasteiger partial charge in [0.05, 0.1) is 48.9 Å². The molecule has 0 aliphatic carbocycles. The van der Waals surface area contributed by atoms with Crippen molar-refractivity contribution in [1.29, 1.82) is 0 Å². The summed E-state index contributed by atoms with van der Waals surface area (Å²) < 4.78 is 16.1. The number of rotatable bonds is 8. The predicted molar refractivity (Wildman–Crippen MR) is 145 cm³/mol. The van der Waals surface area contributed by atoms with Crippen molar-refractivity contribution < 1.29 is 19.0 Å². The summed E-state index contributed by atoms with van der Waals surface area (Å²) >= 11 is 9.68. The average molecular weight is 547 g/mol. The molecule has 1 aliphatic rings. The smallest absolute Gasteiger partial charge is 0.305 e. The molecule has 0 spiro atoms. The molecule has 1 aliphatic heterocycles. The van der Waals surface area contributed by atoms with Crippen LogP contribution in [-0.4, -0.2) is 43.4 Å². The SMILES string of the molecule is COC(=O)CCc1cnc(C[C@H]2S[C@H](c3cccc(OC)c3OC)c3cc(Cl)ccc3N=C2NN)s1. The van der Waals surface area contributed by atoms with Crippen molar-refractivity contribution in [2.75, 3.05) is 21.3 Å². The van der Waals surface area contributed by atoms with E-state index in [4.69, 9.17) is 36.6 Å². The molecule has 11 heteroatoms. The second-order valence-corrected chi connectivity index (χ2v) is 10.9. The van der Waals surface area contributed by atoms with Gasteiger partial charge in [-0.3, -0.25) is 4.79 Å². The number of aromatic nitrogens is 1. The van der Waals surface area contributed by atoms with Crippen molar-refractivity contribution in [3.8, 4) is 11.5 Å². The van der Waals surface area contributed by atoms with E-state index in [0.717, 1.165) is 26.7 Å². The molecule has 0 unspecified atom stereocenters. The Bertz CT molecular complexity index is 1270. The number of fused-ring (bicyclic) bond motifs is 1. The number of methoxy groups -OCH3 is 3. The lowest BCUT2D eigenvalue weighted by atomic mass is 10.0. The van der Waals surface area contributed by atoms with Crippen molar-refractivity contribution in [1.82, 2.24) is 10.4 Å². The van der Waals surface area contributed by atoms with E-state index in [1.165, 1.54) is 7.11 Å². The molecule has 36 heavy (non-hydrogen) atoms. The second-order valence-electron chi connectivity index (χ2n) is 7.93. The van der Waals surface area contributed by atoms with Gasteiger partial charge >= 0.3 is 5.97 Å². The van der Waals surface area contributed by atoms with E-state index >= 15 is 0 Å². The van der Waals surface area contributed by atoms with Crippen LogP contribution < -0.4 is 20.7 Å². The van der Waals surface area contributed by atoms with E-state index in [0.29, 0.717) is 41.6 Å². The highest BCUT2D eigenvalue weighted by Gasteiger charge is 2.32. The Morgan fingerprint density at radius 3 is 2.72 bits per heavy atom. The second kappa shape index (κ2) is 12.0. The van der Waals surface area contributed by atoms with Gasteiger partial charge in [-0.2, -0.15) is 0 Å². The molecule has 2 atom stereocenters. The molecule has 190 valence electrons. The quantitative estimate of drug-likeness (QED) is 0.234. The van der Waals surface area contributed by atoms with Crippen LogP contribution in [0.3, 0.4) is 0 Å². The average Bonchev–Trinajstić information content (AvgIpc) is 3.29. The Labute approximate surface area is 223 Å². The van der Waals surface area contributed by atoms with Crippen LogP contribution in [0, 0.1) is 0 Å². The standard InChI is InChI=1S/C25H27ClN4O4S2/c1-32-19-6-4-5-16(23(19)34-3)24-17-11-14(26)7-9-18(17)29-25(30-27)20(36-24)12-21-28-13-15(35-21)8-10-22(31)33-2/h4-7,9,11,13,20,24H,8,10,12,27H2,1-3H3,(H,29,30)/t20-,24-/m1/s1. The lowest BCUT2D eigenvalue weighted by molar-refractivity contribution is -0.140. The number of halogens is 1. The summed E-state index contributed by atoms with van der Waals surface area (Å²) in [5.41, 5.74) is 5.47. The molecule has 0 saturated carbocycles. The van der Waals surface area contributed by atoms with Crippen LogP contribution in [0.25, 0.3) is 0 Å². The number of amidine groups is 1. The third-order valence-electron chi connectivity index (χ3n) is 5.75. The molecule has 8 nitrogen and oxygen atoms in total. The van der Waals surface area contributed by atoms with Gasteiger partial charge in [0.25, 0.3) is 0 Å². The van der Waals surface area contributed by atoms with Crippen molar-refractivity contribution in [3.05, 3.63) is 68.6 Å². The maximum Gasteiger partial charge on any atom is 0.305 e. The van der Waals surface area contributed by atoms with Crippen LogP contribution in [0.4, 0.5) is 5.69 Å². The number of hydrogen-bond donors (Lipinski definition) is 2. The van der Waals surface area contributed by atoms with Crippen LogP contribution in [0.15, 0.2) is 47.6 Å². The first-order chi connectivity index (χ1) is 17.5. The molecule has 2 aromatic carbocycles. The largest absolute Gasteiger partial charge is 0.493 e. The molecule has 0 amide bonds. The Morgan fingerprint density at radius 1 is 1.17 bits per heavy atom. The van der Waals surface area contributed by atoms with Crippen molar-refractivity contribution >= 4 is 52.2 Å². The zero-order valence-corrected chi connectivity index (χ0v) is 22.5. The number of thiazole rings is 1. The Balaban J connectivity index is 1.71. The van der Waals surface area contributed by atoms with Crippen LogP contribution in [0.5, 0.6) is 11.5 Å². The number of carbonyl (C=O) groups is 1. The van der Waals surface area contributed by atoms with E-state index < -0.39 is 0 Å². The van der Waals surface area contributed by atoms with Crippen LogP contribution >= 0.6 is 34.7 Å². The number of thioether (sulfide) groups is 1. The highest BCUT2D eigenvalue weighted by Crippen LogP contribution is 2.50. The predicted octanol–water partition coefficient (Wildman–Crippen LogP) is 4.86. The van der Waals surface area contributed by atoms with Crippen molar-refractivity contribution in [3.63, 3.8) is 0 Å². The fourth-order valence-electron chi connectivity index (χ4n) is 4.01. The first-order valence-electron chi connectivity index (χ1n) is 11.2. The first-order valence-corrected chi connectivity index (χ1v) is 13.3. The Hall–Kier alpha value is -2.79. The molecule has 2 heterocycles. The number of nitrogens with zero attached hydrogens (tertiary/aromatic N) is 2. The van der Waals surface area contributed by atoms with Gasteiger partial charge in [0.1, 0.15) is 5.84 Å². The molecule has 0 radical (unpaired) electrons. The number of carbonyl (C=O) groups excluding carboxylic acids is 1. The van der Waals surface area contributed by atoms with Crippen LogP contribution in [-0.2, 0) is 22.4 Å². The molecule has 1 aromatic heterocycles. The van der Waals surface area contributed by atoms with Gasteiger partial charge in [-0.15, -0.1) is 23.1 Å². The summed E-state index contributed by atoms with van der Waals surface area (Å²) in [6.45, 7) is 0. The summed E-state index contributed by atoms with van der Waals surface area (Å²) in [6, 6.07) is 11.5. The van der Waals surface area contributed by atoms with E-state index in [-0.39, 0.29) is 16.5 Å². The highest BCUT2D eigenvalue weighted by molar-refractivity contribution is 8.01. The fourth-order valence-corrected chi connectivity index (χ4v) is 6.77. The summed E-state index contributed by atoms with van der Waals surface area (Å²) in [5.74, 6) is 7.66. The number of aliphatic imine (C=N–C) groups is 1. The Morgan fingerprint density at radius 2 is 2.00 bits per heavy atom. The Kier molecular flexibility index (Phi) is 8.73. The van der Waals surface area contributed by atoms with E-state index in [1.807, 2.05) is 42.6 Å². The van der Waals surface area contributed by atoms with E-state index in [9.17, 15) is 4.79 Å². The number of nitrogens with two attached hydrogens (primary N) is 1. The summed E-state index contributed by atoms with van der Waals surface area (Å²) in [6.07, 6.45) is 3.32. The van der Waals surface area contributed by atoms with Crippen LogP contribution in [0.2, 0.25) is 5.02 Å². The number of esters is 1. The number of aryl methyl sites for hydroxylation is 1. The normalized spacial score (nSPS) is 17.0. The molecule has 0 bridgehead atoms. The van der Waals surface area contributed by atoms with Gasteiger partial charge in [0, 0.05) is 28.1 Å². The van der Waals surface area contributed by atoms with Gasteiger partial charge < -0.3 is 19.6 Å². The van der Waals surface area contributed by atoms with Crippen molar-refractivity contribution in [2.24, 2.45) is 10.8 Å². The van der Waals surface area contributed by atoms with Gasteiger partial charge in [-0.05, 0) is 36.2 Å². The topological polar surface area (TPSA) is 108 Å². The summed E-state index contributed by atoms with van der Waals surface area (Å²) in [7, 11) is 4.65. The summed E-state index contributed by atoms with van der Waals surface area (Å²) in [4.78, 5) is 22.0. The molecule has 4 rings (SSSR count).